The van der Waals surface area contributed by atoms with E-state index in [4.69, 9.17) is 0 Å². The number of carbonyl (C=O) groups is 2. The second-order valence-electron chi connectivity index (χ2n) is 8.73. The Hall–Kier alpha value is -2.51. The fourth-order valence-corrected chi connectivity index (χ4v) is 6.95. The van der Waals surface area contributed by atoms with Crippen LogP contribution >= 0.6 is 22.6 Å². The molecule has 3 aromatic carbocycles. The smallest absolute Gasteiger partial charge is 0.239 e. The first-order valence-corrected chi connectivity index (χ1v) is 11.5. The number of aliphatic hydroxyl groups excluding tert-OH is 1. The number of benzene rings is 3. The number of hydrogen-bond donors (Lipinski definition) is 1. The molecule has 7 rings (SSSR count). The lowest BCUT2D eigenvalue weighted by atomic mass is 9.47. The minimum Gasteiger partial charge on any atom is -0.395 e. The molecule has 3 aliphatic carbocycles. The Balaban J connectivity index is 1.64. The molecule has 0 aromatic heterocycles. The first-order valence-electron chi connectivity index (χ1n) is 10.4. The average Bonchev–Trinajstić information content (AvgIpc) is 3.05. The molecule has 0 spiro atoms. The van der Waals surface area contributed by atoms with Gasteiger partial charge in [0.05, 0.1) is 29.5 Å². The van der Waals surface area contributed by atoms with Crippen LogP contribution in [-0.4, -0.2) is 23.5 Å². The van der Waals surface area contributed by atoms with Crippen LogP contribution < -0.4 is 4.90 Å². The average molecular weight is 521 g/mol. The lowest BCUT2D eigenvalue weighted by molar-refractivity contribution is -0.124. The molecular weight excluding hydrogens is 501 g/mol. The predicted octanol–water partition coefficient (Wildman–Crippen LogP) is 4.14. The minimum atomic E-state index is -0.912. The molecule has 1 aliphatic heterocycles. The van der Waals surface area contributed by atoms with E-state index in [9.17, 15) is 14.7 Å². The Morgan fingerprint density at radius 2 is 1.55 bits per heavy atom. The third-order valence-corrected chi connectivity index (χ3v) is 8.11. The molecule has 2 atom stereocenters. The van der Waals surface area contributed by atoms with Gasteiger partial charge in [-0.1, -0.05) is 48.5 Å². The summed E-state index contributed by atoms with van der Waals surface area (Å²) >= 11 is 2.23. The first kappa shape index (κ1) is 19.2. The van der Waals surface area contributed by atoms with Crippen LogP contribution in [0.15, 0.2) is 66.7 Å². The number of aliphatic hydroxyl groups is 1. The van der Waals surface area contributed by atoms with E-state index in [1.165, 1.54) is 4.90 Å². The Morgan fingerprint density at radius 3 is 2.13 bits per heavy atom. The zero-order chi connectivity index (χ0) is 21.5. The van der Waals surface area contributed by atoms with Crippen LogP contribution in [0.5, 0.6) is 0 Å². The maximum Gasteiger partial charge on any atom is 0.239 e. The summed E-state index contributed by atoms with van der Waals surface area (Å²) < 4.78 is 1.06. The van der Waals surface area contributed by atoms with Crippen molar-refractivity contribution < 1.29 is 14.7 Å². The Bertz CT molecular complexity index is 1240. The molecule has 1 heterocycles. The molecule has 4 aliphatic rings. The minimum absolute atomic E-state index is 0.161. The molecule has 2 amide bonds. The number of carbonyl (C=O) groups excluding carboxylic acids is 2. The Labute approximate surface area is 194 Å². The second kappa shape index (κ2) is 6.50. The molecule has 3 aromatic rings. The standard InChI is InChI=1S/C26H20INO3/c1-14-12-15(27)10-11-20(14)28-24(30)22-21-16-6-2-4-8-18(16)26(13-29,23(22)25(28)31)19-9-5-3-7-17(19)21/h2-12,21-23,29H,13H2,1H3/t21?,22-,23+,26?/m1/s1. The highest BCUT2D eigenvalue weighted by Gasteiger charge is 2.68. The molecule has 31 heavy (non-hydrogen) atoms. The van der Waals surface area contributed by atoms with Gasteiger partial charge < -0.3 is 5.11 Å². The molecule has 1 fully saturated rings. The van der Waals surface area contributed by atoms with Gasteiger partial charge in [0.1, 0.15) is 0 Å². The van der Waals surface area contributed by atoms with Crippen LogP contribution in [0.25, 0.3) is 0 Å². The summed E-state index contributed by atoms with van der Waals surface area (Å²) in [5.41, 5.74) is 4.69. The number of amides is 2. The monoisotopic (exact) mass is 521 g/mol. The third kappa shape index (κ3) is 2.23. The van der Waals surface area contributed by atoms with Gasteiger partial charge in [0.25, 0.3) is 0 Å². The number of imide groups is 1. The van der Waals surface area contributed by atoms with Crippen molar-refractivity contribution in [2.75, 3.05) is 11.5 Å². The van der Waals surface area contributed by atoms with Crippen LogP contribution in [0.3, 0.4) is 0 Å². The van der Waals surface area contributed by atoms with Gasteiger partial charge in [-0.15, -0.1) is 0 Å². The second-order valence-corrected chi connectivity index (χ2v) is 9.97. The fourth-order valence-electron chi connectivity index (χ4n) is 6.30. The van der Waals surface area contributed by atoms with E-state index in [-0.39, 0.29) is 24.3 Å². The van der Waals surface area contributed by atoms with Gasteiger partial charge in [0, 0.05) is 9.49 Å². The molecule has 154 valence electrons. The van der Waals surface area contributed by atoms with Crippen molar-refractivity contribution in [3.05, 3.63) is 98.1 Å². The van der Waals surface area contributed by atoms with Gasteiger partial charge in [-0.25, -0.2) is 4.90 Å². The van der Waals surface area contributed by atoms with Crippen molar-refractivity contribution >= 4 is 40.1 Å². The number of halogens is 1. The van der Waals surface area contributed by atoms with E-state index < -0.39 is 17.3 Å². The van der Waals surface area contributed by atoms with Gasteiger partial charge in [-0.2, -0.15) is 0 Å². The predicted molar refractivity (Wildman–Crippen MR) is 126 cm³/mol. The van der Waals surface area contributed by atoms with Crippen LogP contribution in [0, 0.1) is 22.3 Å². The van der Waals surface area contributed by atoms with Crippen LogP contribution in [0.4, 0.5) is 5.69 Å². The first-order chi connectivity index (χ1) is 15.0. The zero-order valence-corrected chi connectivity index (χ0v) is 19.0. The van der Waals surface area contributed by atoms with E-state index >= 15 is 0 Å². The van der Waals surface area contributed by atoms with Crippen molar-refractivity contribution in [1.29, 1.82) is 0 Å². The van der Waals surface area contributed by atoms with Gasteiger partial charge in [0.15, 0.2) is 0 Å². The Morgan fingerprint density at radius 1 is 0.935 bits per heavy atom. The molecular formula is C26H20INO3. The van der Waals surface area contributed by atoms with Crippen molar-refractivity contribution in [2.24, 2.45) is 11.8 Å². The van der Waals surface area contributed by atoms with Gasteiger partial charge in [0.2, 0.25) is 11.8 Å². The van der Waals surface area contributed by atoms with E-state index in [2.05, 4.69) is 22.6 Å². The van der Waals surface area contributed by atoms with Crippen molar-refractivity contribution in [2.45, 2.75) is 18.3 Å². The van der Waals surface area contributed by atoms with E-state index in [0.29, 0.717) is 5.69 Å². The summed E-state index contributed by atoms with van der Waals surface area (Å²) in [4.78, 5) is 29.2. The topological polar surface area (TPSA) is 57.6 Å². The van der Waals surface area contributed by atoms with Gasteiger partial charge >= 0.3 is 0 Å². The summed E-state index contributed by atoms with van der Waals surface area (Å²) in [5, 5.41) is 10.9. The number of rotatable bonds is 2. The maximum atomic E-state index is 14.0. The quantitative estimate of drug-likeness (QED) is 0.408. The molecule has 5 heteroatoms. The summed E-state index contributed by atoms with van der Waals surface area (Å²) in [5.74, 6) is -1.67. The summed E-state index contributed by atoms with van der Waals surface area (Å²) in [6.07, 6.45) is 0. The lowest BCUT2D eigenvalue weighted by Crippen LogP contribution is -2.55. The maximum absolute atomic E-state index is 14.0. The molecule has 0 radical (unpaired) electrons. The van der Waals surface area contributed by atoms with Crippen molar-refractivity contribution in [3.63, 3.8) is 0 Å². The van der Waals surface area contributed by atoms with Gasteiger partial charge in [-0.05, 0) is 75.5 Å². The molecule has 0 saturated carbocycles. The number of anilines is 1. The Kier molecular flexibility index (Phi) is 4.02. The van der Waals surface area contributed by atoms with E-state index in [0.717, 1.165) is 31.4 Å². The lowest BCUT2D eigenvalue weighted by Gasteiger charge is -2.53. The highest BCUT2D eigenvalue weighted by Crippen LogP contribution is 2.64. The fraction of sp³-hybridized carbons (Fsp3) is 0.231. The highest BCUT2D eigenvalue weighted by atomic mass is 127. The van der Waals surface area contributed by atoms with Crippen LogP contribution in [-0.2, 0) is 15.0 Å². The molecule has 1 saturated heterocycles. The number of nitrogens with zero attached hydrogens (tertiary/aromatic N) is 1. The molecule has 2 bridgehead atoms. The molecule has 4 nitrogen and oxygen atoms in total. The molecule has 0 unspecified atom stereocenters. The van der Waals surface area contributed by atoms with Gasteiger partial charge in [-0.3, -0.25) is 9.59 Å². The van der Waals surface area contributed by atoms with Crippen molar-refractivity contribution in [3.8, 4) is 0 Å². The third-order valence-electron chi connectivity index (χ3n) is 7.44. The van der Waals surface area contributed by atoms with E-state index in [1.807, 2.05) is 73.7 Å². The van der Waals surface area contributed by atoms with E-state index in [1.54, 1.807) is 0 Å². The zero-order valence-electron chi connectivity index (χ0n) is 16.9. The highest BCUT2D eigenvalue weighted by molar-refractivity contribution is 14.1. The number of aryl methyl sites for hydroxylation is 1. The summed E-state index contributed by atoms with van der Waals surface area (Å²) in [6.45, 7) is 1.72. The SMILES string of the molecule is Cc1cc(I)ccc1N1C(=O)[C@@H]2C3c4ccccc4C(CO)(c4ccccc43)[C@@H]2C1=O. The van der Waals surface area contributed by atoms with Crippen LogP contribution in [0.2, 0.25) is 0 Å². The molecule has 1 N–H and O–H groups in total. The summed E-state index contributed by atoms with van der Waals surface area (Å²) in [7, 11) is 0. The largest absolute Gasteiger partial charge is 0.395 e. The number of hydrogen-bond acceptors (Lipinski definition) is 3. The van der Waals surface area contributed by atoms with Crippen molar-refractivity contribution in [1.82, 2.24) is 0 Å². The van der Waals surface area contributed by atoms with Crippen LogP contribution in [0.1, 0.15) is 33.7 Å². The normalized spacial score (nSPS) is 27.8. The summed E-state index contributed by atoms with van der Waals surface area (Å²) in [6, 6.07) is 21.8.